The summed E-state index contributed by atoms with van der Waals surface area (Å²) >= 11 is 0. The van der Waals surface area contributed by atoms with Crippen LogP contribution in [0.2, 0.25) is 0 Å². The first-order valence-corrected chi connectivity index (χ1v) is 13.0. The second-order valence-corrected chi connectivity index (χ2v) is 10.5. The van der Waals surface area contributed by atoms with E-state index in [4.69, 9.17) is 19.6 Å². The van der Waals surface area contributed by atoms with Gasteiger partial charge in [0, 0.05) is 16.7 Å². The van der Waals surface area contributed by atoms with Crippen LogP contribution < -0.4 is 5.46 Å². The van der Waals surface area contributed by atoms with E-state index in [1.165, 1.54) is 0 Å². The molecular weight excluding hydrogens is 481 g/mol. The van der Waals surface area contributed by atoms with Crippen molar-refractivity contribution < 1.29 is 9.76 Å². The van der Waals surface area contributed by atoms with Gasteiger partial charge in [0.1, 0.15) is 0 Å². The van der Waals surface area contributed by atoms with Gasteiger partial charge < -0.3 is 9.76 Å². The minimum absolute atomic E-state index is 0.624. The highest BCUT2D eigenvalue weighted by Crippen LogP contribution is 2.27. The third kappa shape index (κ3) is 6.14. The maximum absolute atomic E-state index is 10.4. The number of hydrogen-bond acceptors (Lipinski definition) is 5. The van der Waals surface area contributed by atoms with Crippen molar-refractivity contribution in [1.29, 1.82) is 0 Å². The fourth-order valence-electron chi connectivity index (χ4n) is 3.90. The van der Waals surface area contributed by atoms with E-state index in [-0.39, 0.29) is 0 Å². The lowest BCUT2D eigenvalue weighted by atomic mass is 9.81. The molecule has 6 heteroatoms. The molecule has 1 heterocycles. The molecule has 0 saturated carbocycles. The van der Waals surface area contributed by atoms with E-state index >= 15 is 0 Å². The van der Waals surface area contributed by atoms with Gasteiger partial charge in [-0.05, 0) is 38.8 Å². The lowest BCUT2D eigenvalue weighted by Gasteiger charge is -2.37. The molecule has 0 saturated heterocycles. The maximum Gasteiger partial charge on any atom is 0.330 e. The highest BCUT2D eigenvalue weighted by Gasteiger charge is 2.35. The first-order valence-electron chi connectivity index (χ1n) is 13.0. The number of hydrogen-bond donors (Lipinski definition) is 1. The van der Waals surface area contributed by atoms with Crippen molar-refractivity contribution in [3.8, 4) is 45.3 Å². The summed E-state index contributed by atoms with van der Waals surface area (Å²) in [5.74, 6) is 1.90. The van der Waals surface area contributed by atoms with Gasteiger partial charge >= 0.3 is 7.48 Å². The van der Waals surface area contributed by atoms with Crippen molar-refractivity contribution >= 4 is 12.9 Å². The lowest BCUT2D eigenvalue weighted by molar-refractivity contribution is -0.0893. The van der Waals surface area contributed by atoms with Crippen LogP contribution >= 0.6 is 0 Å². The zero-order chi connectivity index (χ0) is 27.5. The Balaban J connectivity index is 1.44. The van der Waals surface area contributed by atoms with E-state index in [1.807, 2.05) is 98.8 Å². The minimum Gasteiger partial charge on any atom is -0.427 e. The summed E-state index contributed by atoms with van der Waals surface area (Å²) in [5.41, 5.74) is 4.14. The number of aliphatic hydroxyl groups is 1. The largest absolute Gasteiger partial charge is 0.427 e. The number of rotatable bonds is 8. The van der Waals surface area contributed by atoms with E-state index in [1.54, 1.807) is 21.3 Å². The predicted octanol–water partition coefficient (Wildman–Crippen LogP) is 6.35. The Kier molecular flexibility index (Phi) is 7.42. The molecule has 0 aliphatic carbocycles. The van der Waals surface area contributed by atoms with Crippen molar-refractivity contribution in [3.05, 3.63) is 109 Å². The topological polar surface area (TPSA) is 68.1 Å². The minimum atomic E-state index is -0.979. The van der Waals surface area contributed by atoms with Crippen LogP contribution in [0.1, 0.15) is 27.7 Å². The Labute approximate surface area is 230 Å². The van der Waals surface area contributed by atoms with Gasteiger partial charge in [-0.2, -0.15) is 0 Å². The molecule has 5 aromatic rings. The van der Waals surface area contributed by atoms with Crippen LogP contribution in [0.5, 0.6) is 0 Å². The van der Waals surface area contributed by atoms with E-state index in [2.05, 4.69) is 24.3 Å². The Morgan fingerprint density at radius 3 is 1.46 bits per heavy atom. The second-order valence-electron chi connectivity index (χ2n) is 10.5. The number of benzene rings is 4. The molecule has 0 bridgehead atoms. The first kappa shape index (κ1) is 26.5. The molecule has 1 aromatic heterocycles. The van der Waals surface area contributed by atoms with E-state index < -0.39 is 11.2 Å². The first-order chi connectivity index (χ1) is 18.7. The van der Waals surface area contributed by atoms with Crippen LogP contribution in [0.4, 0.5) is 0 Å². The summed E-state index contributed by atoms with van der Waals surface area (Å²) in [7, 11) is 1.71. The molecule has 0 aliphatic rings. The van der Waals surface area contributed by atoms with E-state index in [0.717, 1.165) is 33.3 Å². The van der Waals surface area contributed by atoms with Crippen molar-refractivity contribution in [1.82, 2.24) is 15.0 Å². The third-order valence-electron chi connectivity index (χ3n) is 7.03. The van der Waals surface area contributed by atoms with Crippen molar-refractivity contribution in [3.63, 3.8) is 0 Å². The molecular formula is C33H31BN3O2. The monoisotopic (exact) mass is 512 g/mol. The molecule has 1 N–H and O–H groups in total. The van der Waals surface area contributed by atoms with Gasteiger partial charge in [0.15, 0.2) is 17.5 Å². The van der Waals surface area contributed by atoms with Crippen molar-refractivity contribution in [2.45, 2.75) is 38.9 Å². The second kappa shape index (κ2) is 10.9. The van der Waals surface area contributed by atoms with Gasteiger partial charge in [0.2, 0.25) is 0 Å². The van der Waals surface area contributed by atoms with Gasteiger partial charge in [-0.25, -0.2) is 15.0 Å². The SMILES string of the molecule is CC(C)(O)C(C)(C)O[B]c1cccc(-c2ccc(-c3nc(-c4ccccc4)nc(-c4ccccc4)n3)cc2)c1. The lowest BCUT2D eigenvalue weighted by Crippen LogP contribution is -2.49. The molecule has 193 valence electrons. The quantitative estimate of drug-likeness (QED) is 0.246. The zero-order valence-electron chi connectivity index (χ0n) is 22.7. The highest BCUT2D eigenvalue weighted by atomic mass is 16.5. The van der Waals surface area contributed by atoms with Crippen LogP contribution in [0, 0.1) is 0 Å². The molecule has 1 radical (unpaired) electrons. The van der Waals surface area contributed by atoms with Crippen LogP contribution in [0.25, 0.3) is 45.3 Å². The summed E-state index contributed by atoms with van der Waals surface area (Å²) in [6.45, 7) is 7.24. The Bertz CT molecular complexity index is 1490. The van der Waals surface area contributed by atoms with Crippen LogP contribution in [0.15, 0.2) is 109 Å². The van der Waals surface area contributed by atoms with E-state index in [0.29, 0.717) is 17.5 Å². The van der Waals surface area contributed by atoms with Crippen molar-refractivity contribution in [2.75, 3.05) is 0 Å². The summed E-state index contributed by atoms with van der Waals surface area (Å²) in [5, 5.41) is 10.4. The third-order valence-corrected chi connectivity index (χ3v) is 7.03. The van der Waals surface area contributed by atoms with Gasteiger partial charge in [-0.3, -0.25) is 0 Å². The maximum atomic E-state index is 10.4. The van der Waals surface area contributed by atoms with Crippen LogP contribution in [0.3, 0.4) is 0 Å². The van der Waals surface area contributed by atoms with Crippen molar-refractivity contribution in [2.24, 2.45) is 0 Å². The van der Waals surface area contributed by atoms with E-state index in [9.17, 15) is 5.11 Å². The fourth-order valence-corrected chi connectivity index (χ4v) is 3.90. The number of aromatic nitrogens is 3. The summed E-state index contributed by atoms with van der Waals surface area (Å²) < 4.78 is 5.95. The van der Waals surface area contributed by atoms with Crippen LogP contribution in [-0.2, 0) is 4.65 Å². The summed E-state index contributed by atoms with van der Waals surface area (Å²) in [6.07, 6.45) is 0. The Morgan fingerprint density at radius 2 is 0.974 bits per heavy atom. The standard InChI is InChI=1S/C33H31BN3O2/c1-32(2,38)33(3,4)39-34-28-17-11-16-27(22-28)23-18-20-26(21-19-23)31-36-29(24-12-7-5-8-13-24)35-30(37-31)25-14-9-6-10-15-25/h5-22,38H,1-4H3. The molecule has 0 amide bonds. The average molecular weight is 512 g/mol. The summed E-state index contributed by atoms with van der Waals surface area (Å²) in [6, 6.07) is 36.3. The molecule has 0 unspecified atom stereocenters. The summed E-state index contributed by atoms with van der Waals surface area (Å²) in [4.78, 5) is 14.4. The fraction of sp³-hybridized carbons (Fsp3) is 0.182. The highest BCUT2D eigenvalue weighted by molar-refractivity contribution is 6.47. The normalized spacial score (nSPS) is 11.8. The molecule has 4 aromatic carbocycles. The van der Waals surface area contributed by atoms with Gasteiger partial charge in [-0.15, -0.1) is 0 Å². The smallest absolute Gasteiger partial charge is 0.330 e. The average Bonchev–Trinajstić information content (AvgIpc) is 2.96. The Morgan fingerprint density at radius 1 is 0.538 bits per heavy atom. The number of nitrogens with zero attached hydrogens (tertiary/aromatic N) is 3. The Hall–Kier alpha value is -4.13. The molecule has 0 atom stereocenters. The zero-order valence-corrected chi connectivity index (χ0v) is 22.7. The van der Waals surface area contributed by atoms with Gasteiger partial charge in [0.05, 0.1) is 11.2 Å². The molecule has 5 nitrogen and oxygen atoms in total. The van der Waals surface area contributed by atoms with Crippen LogP contribution in [-0.4, -0.2) is 38.7 Å². The molecule has 0 aliphatic heterocycles. The molecule has 5 rings (SSSR count). The molecule has 0 fully saturated rings. The molecule has 0 spiro atoms. The van der Waals surface area contributed by atoms with Gasteiger partial charge in [0.25, 0.3) is 0 Å². The molecule has 39 heavy (non-hydrogen) atoms. The van der Waals surface area contributed by atoms with Gasteiger partial charge in [-0.1, -0.05) is 115 Å². The predicted molar refractivity (Wildman–Crippen MR) is 158 cm³/mol.